The molecule has 2 rings (SSSR count). The van der Waals surface area contributed by atoms with Gasteiger partial charge in [-0.25, -0.2) is 8.42 Å². The lowest BCUT2D eigenvalue weighted by Gasteiger charge is -2.28. The van der Waals surface area contributed by atoms with Crippen LogP contribution < -0.4 is 0 Å². The Balaban J connectivity index is 2.71. The highest BCUT2D eigenvalue weighted by molar-refractivity contribution is 7.90. The molecule has 0 unspecified atom stereocenters. The van der Waals surface area contributed by atoms with Gasteiger partial charge in [-0.1, -0.05) is 19.9 Å². The minimum Gasteiger partial charge on any atom is -0.294 e. The number of fused-ring (bicyclic) bond motifs is 1. The first kappa shape index (κ1) is 14.0. The highest BCUT2D eigenvalue weighted by Crippen LogP contribution is 2.37. The molecule has 0 fully saturated rings. The standard InChI is InChI=1S/C13H18N2O3S/c1-5-6-15-9-7-13(2,3)8-10(16)11(9)12(14-15)19(4,17)18/h5H,1,6-8H2,2-4H3. The van der Waals surface area contributed by atoms with Gasteiger partial charge in [-0.2, -0.15) is 5.10 Å². The highest BCUT2D eigenvalue weighted by atomic mass is 32.2. The van der Waals surface area contributed by atoms with E-state index in [1.807, 2.05) is 13.8 Å². The van der Waals surface area contributed by atoms with E-state index in [1.54, 1.807) is 10.8 Å². The third-order valence-corrected chi connectivity index (χ3v) is 4.23. The fraction of sp³-hybridized carbons (Fsp3) is 0.538. The van der Waals surface area contributed by atoms with E-state index in [-0.39, 0.29) is 21.8 Å². The van der Waals surface area contributed by atoms with Gasteiger partial charge < -0.3 is 0 Å². The molecule has 0 saturated heterocycles. The van der Waals surface area contributed by atoms with E-state index in [0.717, 1.165) is 6.26 Å². The molecule has 0 radical (unpaired) electrons. The van der Waals surface area contributed by atoms with Crippen molar-refractivity contribution in [3.63, 3.8) is 0 Å². The van der Waals surface area contributed by atoms with Crippen molar-refractivity contribution in [3.8, 4) is 0 Å². The maximum atomic E-state index is 12.2. The number of ketones is 1. The van der Waals surface area contributed by atoms with Gasteiger partial charge in [0, 0.05) is 12.7 Å². The summed E-state index contributed by atoms with van der Waals surface area (Å²) in [6.45, 7) is 8.04. The van der Waals surface area contributed by atoms with Crippen LogP contribution >= 0.6 is 0 Å². The second kappa shape index (κ2) is 4.30. The topological polar surface area (TPSA) is 69.0 Å². The van der Waals surface area contributed by atoms with Crippen molar-refractivity contribution in [1.29, 1.82) is 0 Å². The van der Waals surface area contributed by atoms with Crippen molar-refractivity contribution in [1.82, 2.24) is 9.78 Å². The van der Waals surface area contributed by atoms with E-state index in [0.29, 0.717) is 25.1 Å². The van der Waals surface area contributed by atoms with Gasteiger partial charge in [0.05, 0.1) is 17.8 Å². The number of carbonyl (C=O) groups is 1. The number of hydrogen-bond acceptors (Lipinski definition) is 4. The van der Waals surface area contributed by atoms with E-state index >= 15 is 0 Å². The average Bonchev–Trinajstić information content (AvgIpc) is 2.56. The van der Waals surface area contributed by atoms with Crippen LogP contribution in [0, 0.1) is 5.41 Å². The first-order valence-electron chi connectivity index (χ1n) is 6.09. The Morgan fingerprint density at radius 2 is 2.05 bits per heavy atom. The van der Waals surface area contributed by atoms with Gasteiger partial charge in [-0.3, -0.25) is 9.48 Å². The molecule has 1 aliphatic carbocycles. The number of nitrogens with zero attached hydrogens (tertiary/aromatic N) is 2. The molecule has 0 atom stereocenters. The third-order valence-electron chi connectivity index (χ3n) is 3.24. The summed E-state index contributed by atoms with van der Waals surface area (Å²) in [5.41, 5.74) is 0.822. The minimum absolute atomic E-state index is 0.0927. The Bertz CT molecular complexity index is 654. The van der Waals surface area contributed by atoms with Crippen LogP contribution in [0.3, 0.4) is 0 Å². The molecule has 0 aliphatic heterocycles. The van der Waals surface area contributed by atoms with E-state index in [2.05, 4.69) is 11.7 Å². The van der Waals surface area contributed by atoms with Crippen molar-refractivity contribution in [2.45, 2.75) is 38.3 Å². The summed E-state index contributed by atoms with van der Waals surface area (Å²) in [7, 11) is -3.50. The average molecular weight is 282 g/mol. The van der Waals surface area contributed by atoms with Crippen LogP contribution in [0.4, 0.5) is 0 Å². The summed E-state index contributed by atoms with van der Waals surface area (Å²) in [6, 6.07) is 0. The van der Waals surface area contributed by atoms with E-state index < -0.39 is 9.84 Å². The SMILES string of the molecule is C=CCn1nc(S(C)(=O)=O)c2c1CC(C)(C)CC2=O. The summed E-state index contributed by atoms with van der Waals surface area (Å²) in [5.74, 6) is -0.137. The van der Waals surface area contributed by atoms with Gasteiger partial charge in [0.1, 0.15) is 0 Å². The van der Waals surface area contributed by atoms with E-state index in [9.17, 15) is 13.2 Å². The van der Waals surface area contributed by atoms with Crippen LogP contribution in [-0.4, -0.2) is 30.2 Å². The molecule has 0 saturated carbocycles. The van der Waals surface area contributed by atoms with Crippen LogP contribution in [0.5, 0.6) is 0 Å². The first-order valence-corrected chi connectivity index (χ1v) is 7.99. The molecule has 0 aromatic carbocycles. The van der Waals surface area contributed by atoms with Gasteiger partial charge >= 0.3 is 0 Å². The summed E-state index contributed by atoms with van der Waals surface area (Å²) < 4.78 is 25.1. The third kappa shape index (κ3) is 2.49. The summed E-state index contributed by atoms with van der Waals surface area (Å²) in [5, 5.41) is 4.01. The number of hydrogen-bond donors (Lipinski definition) is 0. The second-order valence-corrected chi connectivity index (χ2v) is 7.74. The van der Waals surface area contributed by atoms with Crippen molar-refractivity contribution < 1.29 is 13.2 Å². The zero-order valence-corrected chi connectivity index (χ0v) is 12.2. The number of allylic oxidation sites excluding steroid dienone is 1. The predicted molar refractivity (Wildman–Crippen MR) is 72.0 cm³/mol. The maximum Gasteiger partial charge on any atom is 0.195 e. The monoisotopic (exact) mass is 282 g/mol. The summed E-state index contributed by atoms with van der Waals surface area (Å²) in [4.78, 5) is 12.2. The van der Waals surface area contributed by atoms with Crippen molar-refractivity contribution in [3.05, 3.63) is 23.9 Å². The largest absolute Gasteiger partial charge is 0.294 e. The van der Waals surface area contributed by atoms with Crippen LogP contribution in [0.25, 0.3) is 0 Å². The van der Waals surface area contributed by atoms with Crippen molar-refractivity contribution >= 4 is 15.6 Å². The molecule has 1 aromatic heterocycles. The quantitative estimate of drug-likeness (QED) is 0.790. The Morgan fingerprint density at radius 3 is 2.58 bits per heavy atom. The zero-order chi connectivity index (χ0) is 14.4. The van der Waals surface area contributed by atoms with Crippen LogP contribution in [0.15, 0.2) is 17.7 Å². The molecular formula is C13H18N2O3S. The van der Waals surface area contributed by atoms with Gasteiger partial charge in [-0.15, -0.1) is 6.58 Å². The molecule has 0 bridgehead atoms. The van der Waals surface area contributed by atoms with E-state index in [4.69, 9.17) is 0 Å². The van der Waals surface area contributed by atoms with Crippen LogP contribution in [-0.2, 0) is 22.8 Å². The Morgan fingerprint density at radius 1 is 1.42 bits per heavy atom. The fourth-order valence-corrected chi connectivity index (χ4v) is 3.35. The van der Waals surface area contributed by atoms with Gasteiger partial charge in [0.15, 0.2) is 20.6 Å². The summed E-state index contributed by atoms with van der Waals surface area (Å²) in [6.07, 6.45) is 3.72. The fourth-order valence-electron chi connectivity index (χ4n) is 2.50. The Hall–Kier alpha value is -1.43. The molecule has 5 nitrogen and oxygen atoms in total. The van der Waals surface area contributed by atoms with Crippen LogP contribution in [0.2, 0.25) is 0 Å². The maximum absolute atomic E-state index is 12.2. The predicted octanol–water partition coefficient (Wildman–Crippen LogP) is 1.63. The molecule has 0 amide bonds. The van der Waals surface area contributed by atoms with Crippen LogP contribution in [0.1, 0.15) is 36.3 Å². The second-order valence-electron chi connectivity index (χ2n) is 5.81. The molecular weight excluding hydrogens is 264 g/mol. The first-order chi connectivity index (χ1) is 8.65. The Kier molecular flexibility index (Phi) is 3.16. The molecule has 1 aliphatic rings. The molecule has 1 aromatic rings. The molecule has 1 heterocycles. The highest BCUT2D eigenvalue weighted by Gasteiger charge is 2.38. The number of rotatable bonds is 3. The van der Waals surface area contributed by atoms with Gasteiger partial charge in [-0.05, 0) is 11.8 Å². The number of carbonyl (C=O) groups excluding carboxylic acids is 1. The lowest BCUT2D eigenvalue weighted by molar-refractivity contribution is 0.0906. The summed E-state index contributed by atoms with van der Waals surface area (Å²) >= 11 is 0. The van der Waals surface area contributed by atoms with Gasteiger partial charge in [0.2, 0.25) is 0 Å². The Labute approximate surface area is 113 Å². The van der Waals surface area contributed by atoms with Crippen molar-refractivity contribution in [2.75, 3.05) is 6.26 Å². The number of Topliss-reactive ketones (excluding diaryl/α,β-unsaturated/α-hetero) is 1. The normalized spacial score (nSPS) is 18.2. The number of sulfone groups is 1. The minimum atomic E-state index is -3.50. The molecule has 19 heavy (non-hydrogen) atoms. The molecule has 0 N–H and O–H groups in total. The van der Waals surface area contributed by atoms with Crippen molar-refractivity contribution in [2.24, 2.45) is 5.41 Å². The molecule has 0 spiro atoms. The molecule has 6 heteroatoms. The molecule has 104 valence electrons. The van der Waals surface area contributed by atoms with E-state index in [1.165, 1.54) is 0 Å². The smallest absolute Gasteiger partial charge is 0.195 e. The zero-order valence-electron chi connectivity index (χ0n) is 11.4. The number of aromatic nitrogens is 2. The van der Waals surface area contributed by atoms with Gasteiger partial charge in [0.25, 0.3) is 0 Å². The lowest BCUT2D eigenvalue weighted by Crippen LogP contribution is -2.28. The lowest BCUT2D eigenvalue weighted by atomic mass is 9.76.